The van der Waals surface area contributed by atoms with Crippen molar-refractivity contribution in [2.24, 2.45) is 5.92 Å². The number of carbonyl (C=O) groups is 1. The molecule has 0 aromatic carbocycles. The Labute approximate surface area is 139 Å². The monoisotopic (exact) mass is 335 g/mol. The molecule has 0 fully saturated rings. The maximum Gasteiger partial charge on any atom is 1.00 e. The van der Waals surface area contributed by atoms with Crippen LogP contribution in [0.4, 0.5) is 0 Å². The number of carbonyl (C=O) groups excluding carboxylic acids is 2. The summed E-state index contributed by atoms with van der Waals surface area (Å²) >= 11 is 3.07. The first kappa shape index (κ1) is 21.3. The third-order valence-corrected chi connectivity index (χ3v) is 2.29. The van der Waals surface area contributed by atoms with Crippen molar-refractivity contribution in [1.82, 2.24) is 0 Å². The fourth-order valence-electron chi connectivity index (χ4n) is 1.05. The molecule has 1 aromatic heterocycles. The van der Waals surface area contributed by atoms with Gasteiger partial charge in [0.2, 0.25) is 0 Å². The molecule has 0 atom stereocenters. The van der Waals surface area contributed by atoms with Gasteiger partial charge in [-0.25, -0.2) is 0 Å². The van der Waals surface area contributed by atoms with Crippen LogP contribution in [0.2, 0.25) is 0 Å². The van der Waals surface area contributed by atoms with Gasteiger partial charge in [-0.05, 0) is 22.9 Å². The van der Waals surface area contributed by atoms with Crippen LogP contribution < -0.4 is 18.9 Å². The van der Waals surface area contributed by atoms with Gasteiger partial charge in [-0.15, -0.1) is 11.6 Å². The Hall–Kier alpha value is -0.963. The Morgan fingerprint density at radius 2 is 2.15 bits per heavy atom. The van der Waals surface area contributed by atoms with E-state index in [2.05, 4.69) is 27.6 Å². The van der Waals surface area contributed by atoms with Crippen LogP contribution >= 0.6 is 15.9 Å². The van der Waals surface area contributed by atoms with Gasteiger partial charge in [-0.2, -0.15) is 5.71 Å². The average molecular weight is 336 g/mol. The van der Waals surface area contributed by atoms with Gasteiger partial charge in [0, 0.05) is 5.76 Å². The van der Waals surface area contributed by atoms with Crippen molar-refractivity contribution < 1.29 is 37.6 Å². The molecule has 0 aliphatic heterocycles. The molecule has 0 bridgehead atoms. The molecule has 0 unspecified atom stereocenters. The van der Waals surface area contributed by atoms with E-state index in [-0.39, 0.29) is 41.8 Å². The molecule has 1 aromatic rings. The Balaban J connectivity index is 0. The zero-order chi connectivity index (χ0) is 15.0. The van der Waals surface area contributed by atoms with Crippen LogP contribution in [0.5, 0.6) is 0 Å². The van der Waals surface area contributed by atoms with E-state index in [0.29, 0.717) is 11.3 Å². The Morgan fingerprint density at radius 3 is 2.45 bits per heavy atom. The number of nitrogens with zero attached hydrogens (tertiary/aromatic N) is 1. The summed E-state index contributed by atoms with van der Waals surface area (Å²) in [5.74, 6) is -0.348. The Bertz CT molecular complexity index is 457. The molecule has 20 heavy (non-hydrogen) atoms. The molecule has 0 aliphatic carbocycles. The normalized spacial score (nSPS) is 9.05. The van der Waals surface area contributed by atoms with Crippen molar-refractivity contribution >= 4 is 33.9 Å². The molecule has 0 amide bonds. The van der Waals surface area contributed by atoms with Gasteiger partial charge in [0.25, 0.3) is 0 Å². The molecule has 0 N–H and O–H groups in total. The zero-order valence-electron chi connectivity index (χ0n) is 12.0. The van der Waals surface area contributed by atoms with E-state index in [4.69, 9.17) is 4.42 Å². The van der Waals surface area contributed by atoms with Crippen molar-refractivity contribution in [2.45, 2.75) is 20.8 Å². The molecule has 7 heteroatoms. The SMILES string of the molecule is CC(C)C(=[N-])c1oc(Br)cc1[C-]=O.[CH2-]C(=O)OCC.[Li+]. The maximum absolute atomic E-state index is 10.4. The molecule has 0 aliphatic rings. The Morgan fingerprint density at radius 1 is 1.60 bits per heavy atom. The number of esters is 1. The zero-order valence-corrected chi connectivity index (χ0v) is 13.6. The first-order chi connectivity index (χ1) is 8.83. The summed E-state index contributed by atoms with van der Waals surface area (Å²) in [4.78, 5) is 20.1. The minimum Gasteiger partial charge on any atom is -0.816 e. The van der Waals surface area contributed by atoms with E-state index >= 15 is 0 Å². The second kappa shape index (κ2) is 10.8. The van der Waals surface area contributed by atoms with E-state index in [9.17, 15) is 15.0 Å². The van der Waals surface area contributed by atoms with E-state index in [1.165, 1.54) is 6.07 Å². The number of hydrogen-bond donors (Lipinski definition) is 0. The first-order valence-electron chi connectivity index (χ1n) is 5.55. The second-order valence-electron chi connectivity index (χ2n) is 3.74. The number of ether oxygens (including phenoxy) is 1. The predicted molar refractivity (Wildman–Crippen MR) is 75.5 cm³/mol. The van der Waals surface area contributed by atoms with Crippen LogP contribution in [0.15, 0.2) is 15.2 Å². The van der Waals surface area contributed by atoms with Gasteiger partial charge < -0.3 is 19.4 Å². The molecule has 0 saturated carbocycles. The predicted octanol–water partition coefficient (Wildman–Crippen LogP) is -0.0980. The fraction of sp³-hybridized carbons (Fsp3) is 0.385. The molecule has 0 radical (unpaired) electrons. The first-order valence-corrected chi connectivity index (χ1v) is 6.35. The van der Waals surface area contributed by atoms with Crippen molar-refractivity contribution in [3.8, 4) is 0 Å². The Kier molecular flexibility index (Phi) is 11.5. The third-order valence-electron chi connectivity index (χ3n) is 1.90. The number of furan rings is 1. The van der Waals surface area contributed by atoms with Gasteiger partial charge in [0.15, 0.2) is 5.97 Å². The van der Waals surface area contributed by atoms with Crippen LogP contribution in [0, 0.1) is 12.8 Å². The minimum atomic E-state index is -0.461. The van der Waals surface area contributed by atoms with Gasteiger partial charge in [0.05, 0.1) is 17.6 Å². The largest absolute Gasteiger partial charge is 1.00 e. The molecule has 0 spiro atoms. The topological polar surface area (TPSA) is 78.8 Å². The van der Waals surface area contributed by atoms with Crippen LogP contribution in [-0.4, -0.2) is 24.6 Å². The fourth-order valence-corrected chi connectivity index (χ4v) is 1.44. The summed E-state index contributed by atoms with van der Waals surface area (Å²) in [7, 11) is 0. The van der Waals surface area contributed by atoms with Crippen LogP contribution in [0.1, 0.15) is 32.1 Å². The smallest absolute Gasteiger partial charge is 0.816 e. The minimum absolute atomic E-state index is 0. The van der Waals surface area contributed by atoms with Crippen LogP contribution in [0.25, 0.3) is 5.41 Å². The van der Waals surface area contributed by atoms with Crippen molar-refractivity contribution in [1.29, 1.82) is 0 Å². The van der Waals surface area contributed by atoms with E-state index in [1.54, 1.807) is 27.1 Å². The number of hydrogen-bond acceptors (Lipinski definition) is 4. The molecular formula is C13H15BrLiNO4-2. The number of halogens is 1. The summed E-state index contributed by atoms with van der Waals surface area (Å²) in [6.45, 7) is 8.74. The summed E-state index contributed by atoms with van der Waals surface area (Å²) < 4.78 is 9.80. The van der Waals surface area contributed by atoms with E-state index in [0.717, 1.165) is 0 Å². The van der Waals surface area contributed by atoms with E-state index < -0.39 is 5.97 Å². The van der Waals surface area contributed by atoms with Crippen molar-refractivity contribution in [3.05, 3.63) is 34.4 Å². The van der Waals surface area contributed by atoms with Gasteiger partial charge in [-0.3, -0.25) is 11.7 Å². The number of rotatable bonds is 4. The maximum atomic E-state index is 10.4. The average Bonchev–Trinajstić information content (AvgIpc) is 2.69. The van der Waals surface area contributed by atoms with E-state index in [1.807, 2.05) is 0 Å². The van der Waals surface area contributed by atoms with Crippen molar-refractivity contribution in [2.75, 3.05) is 6.61 Å². The summed E-state index contributed by atoms with van der Waals surface area (Å²) in [6.07, 6.45) is 1.70. The molecule has 0 saturated heterocycles. The quantitative estimate of drug-likeness (QED) is 0.333. The second-order valence-corrected chi connectivity index (χ2v) is 4.52. The standard InChI is InChI=1S/C9H8BrNO2.C4H7O2.Li/c1-5(2)8(11)9-6(4-12)3-7(10)13-9;1-3-6-4(2)5;/h3,5H,1-2H3;2-3H2,1H3;/q-2;-1;+1. The van der Waals surface area contributed by atoms with Crippen LogP contribution in [-0.2, 0) is 14.3 Å². The molecule has 106 valence electrons. The summed E-state index contributed by atoms with van der Waals surface area (Å²) in [6, 6.07) is 1.47. The summed E-state index contributed by atoms with van der Waals surface area (Å²) in [5, 5.41) is 9.55. The van der Waals surface area contributed by atoms with Gasteiger partial charge in [0.1, 0.15) is 0 Å². The third kappa shape index (κ3) is 7.58. The molecule has 1 rings (SSSR count). The molecule has 5 nitrogen and oxygen atoms in total. The molecular weight excluding hydrogens is 321 g/mol. The molecule has 1 heterocycles. The van der Waals surface area contributed by atoms with Crippen molar-refractivity contribution in [3.63, 3.8) is 0 Å². The van der Waals surface area contributed by atoms with Crippen LogP contribution in [0.3, 0.4) is 0 Å². The summed E-state index contributed by atoms with van der Waals surface area (Å²) in [5.41, 5.74) is 0.294. The van der Waals surface area contributed by atoms with Gasteiger partial charge >= 0.3 is 18.9 Å². The van der Waals surface area contributed by atoms with Gasteiger partial charge in [-0.1, -0.05) is 19.8 Å².